The highest BCUT2D eigenvalue weighted by molar-refractivity contribution is 5.74. The molecule has 0 saturated carbocycles. The second kappa shape index (κ2) is 6.48. The summed E-state index contributed by atoms with van der Waals surface area (Å²) in [4.78, 5) is 12.1. The molecule has 0 aliphatic heterocycles. The smallest absolute Gasteiger partial charge is 0.311 e. The van der Waals surface area contributed by atoms with E-state index in [-0.39, 0.29) is 5.97 Å². The summed E-state index contributed by atoms with van der Waals surface area (Å²) < 4.78 is 10.4. The molecule has 2 rings (SSSR count). The number of esters is 1. The normalized spacial score (nSPS) is 22.3. The van der Waals surface area contributed by atoms with Gasteiger partial charge in [-0.1, -0.05) is 13.0 Å². The second-order valence-electron chi connectivity index (χ2n) is 5.63. The molecule has 2 atom stereocenters. The van der Waals surface area contributed by atoms with E-state index in [9.17, 15) is 9.90 Å². The van der Waals surface area contributed by atoms with E-state index in [2.05, 4.69) is 0 Å². The zero-order valence-corrected chi connectivity index (χ0v) is 13.0. The van der Waals surface area contributed by atoms with E-state index in [1.54, 1.807) is 14.0 Å². The van der Waals surface area contributed by atoms with Crippen LogP contribution < -0.4 is 4.74 Å². The first-order chi connectivity index (χ1) is 10.0. The van der Waals surface area contributed by atoms with Crippen molar-refractivity contribution in [3.63, 3.8) is 0 Å². The zero-order chi connectivity index (χ0) is 15.5. The van der Waals surface area contributed by atoms with Gasteiger partial charge in [0.1, 0.15) is 5.75 Å². The minimum Gasteiger partial charge on any atom is -0.497 e. The van der Waals surface area contributed by atoms with Crippen molar-refractivity contribution in [2.75, 3.05) is 13.7 Å². The molecule has 116 valence electrons. The third-order valence-electron chi connectivity index (χ3n) is 4.37. The van der Waals surface area contributed by atoms with Crippen LogP contribution in [-0.2, 0) is 22.4 Å². The van der Waals surface area contributed by atoms with Gasteiger partial charge < -0.3 is 14.6 Å². The van der Waals surface area contributed by atoms with E-state index in [1.807, 2.05) is 25.1 Å². The van der Waals surface area contributed by atoms with Gasteiger partial charge in [-0.15, -0.1) is 0 Å². The maximum Gasteiger partial charge on any atom is 0.311 e. The van der Waals surface area contributed by atoms with Crippen molar-refractivity contribution in [2.45, 2.75) is 45.1 Å². The number of ether oxygens (including phenoxy) is 2. The van der Waals surface area contributed by atoms with Crippen LogP contribution in [0.5, 0.6) is 5.75 Å². The lowest BCUT2D eigenvalue weighted by Crippen LogP contribution is -2.47. The van der Waals surface area contributed by atoms with Crippen molar-refractivity contribution in [3.8, 4) is 5.75 Å². The first kappa shape index (κ1) is 15.8. The Morgan fingerprint density at radius 1 is 1.38 bits per heavy atom. The van der Waals surface area contributed by atoms with Crippen LogP contribution in [0.3, 0.4) is 0 Å². The van der Waals surface area contributed by atoms with Gasteiger partial charge in [-0.05, 0) is 49.4 Å². The van der Waals surface area contributed by atoms with Gasteiger partial charge >= 0.3 is 5.97 Å². The Bertz CT molecular complexity index is 512. The Kier molecular flexibility index (Phi) is 4.88. The van der Waals surface area contributed by atoms with Gasteiger partial charge in [0.05, 0.1) is 25.2 Å². The van der Waals surface area contributed by atoms with Crippen LogP contribution in [0.25, 0.3) is 0 Å². The zero-order valence-electron chi connectivity index (χ0n) is 13.0. The molecule has 0 amide bonds. The van der Waals surface area contributed by atoms with Crippen LogP contribution in [-0.4, -0.2) is 30.4 Å². The van der Waals surface area contributed by atoms with Gasteiger partial charge in [0.15, 0.2) is 0 Å². The average molecular weight is 292 g/mol. The van der Waals surface area contributed by atoms with E-state index < -0.39 is 11.5 Å². The highest BCUT2D eigenvalue weighted by atomic mass is 16.5. The summed E-state index contributed by atoms with van der Waals surface area (Å²) in [7, 11) is 1.63. The molecule has 1 N–H and O–H groups in total. The van der Waals surface area contributed by atoms with Crippen molar-refractivity contribution in [1.29, 1.82) is 0 Å². The number of hydrogen-bond donors (Lipinski definition) is 1. The number of benzene rings is 1. The predicted molar refractivity (Wildman–Crippen MR) is 80.4 cm³/mol. The third kappa shape index (κ3) is 3.21. The van der Waals surface area contributed by atoms with Crippen LogP contribution in [0.4, 0.5) is 0 Å². The van der Waals surface area contributed by atoms with Crippen LogP contribution in [0, 0.1) is 5.92 Å². The molecule has 1 aromatic rings. The van der Waals surface area contributed by atoms with E-state index in [0.29, 0.717) is 25.9 Å². The highest BCUT2D eigenvalue weighted by Crippen LogP contribution is 2.37. The van der Waals surface area contributed by atoms with Gasteiger partial charge in [0.2, 0.25) is 0 Å². The summed E-state index contributed by atoms with van der Waals surface area (Å²) in [5.74, 6) is 0.00725. The van der Waals surface area contributed by atoms with E-state index in [0.717, 1.165) is 17.7 Å². The number of methoxy groups -OCH3 is 1. The number of rotatable bonds is 5. The summed E-state index contributed by atoms with van der Waals surface area (Å²) in [6.07, 6.45) is 2.40. The lowest BCUT2D eigenvalue weighted by Gasteiger charge is -2.38. The van der Waals surface area contributed by atoms with E-state index >= 15 is 0 Å². The maximum atomic E-state index is 12.1. The standard InChI is InChI=1S/C17H24O4/c1-4-15(16(18)21-5-2)17(19)9-8-12-6-7-14(20-3)10-13(12)11-17/h6-7,10,15,19H,4-5,8-9,11H2,1-3H3. The summed E-state index contributed by atoms with van der Waals surface area (Å²) in [6.45, 7) is 4.05. The van der Waals surface area contributed by atoms with Gasteiger partial charge in [0.25, 0.3) is 0 Å². The monoisotopic (exact) mass is 292 g/mol. The minimum atomic E-state index is -1.03. The van der Waals surface area contributed by atoms with Crippen molar-refractivity contribution in [2.24, 2.45) is 5.92 Å². The maximum absolute atomic E-state index is 12.1. The number of aliphatic hydroxyl groups is 1. The molecule has 0 radical (unpaired) electrons. The Hall–Kier alpha value is -1.55. The summed E-state index contributed by atoms with van der Waals surface area (Å²) in [5, 5.41) is 11.0. The molecule has 4 heteroatoms. The SMILES string of the molecule is CCOC(=O)C(CC)C1(O)CCc2ccc(OC)cc2C1. The molecule has 2 unspecified atom stereocenters. The number of aryl methyl sites for hydroxylation is 1. The molecule has 0 aromatic heterocycles. The third-order valence-corrected chi connectivity index (χ3v) is 4.37. The minimum absolute atomic E-state index is 0.297. The average Bonchev–Trinajstić information content (AvgIpc) is 2.47. The van der Waals surface area contributed by atoms with Gasteiger partial charge in [-0.3, -0.25) is 4.79 Å². The molecule has 1 aliphatic rings. The van der Waals surface area contributed by atoms with Crippen molar-refractivity contribution < 1.29 is 19.4 Å². The summed E-state index contributed by atoms with van der Waals surface area (Å²) >= 11 is 0. The predicted octanol–water partition coefficient (Wildman–Crippen LogP) is 2.50. The fraction of sp³-hybridized carbons (Fsp3) is 0.588. The van der Waals surface area contributed by atoms with Crippen LogP contribution in [0.15, 0.2) is 18.2 Å². The molecule has 1 aromatic carbocycles. The Labute approximate surface area is 126 Å². The Morgan fingerprint density at radius 3 is 2.76 bits per heavy atom. The van der Waals surface area contributed by atoms with Gasteiger partial charge in [-0.2, -0.15) is 0 Å². The van der Waals surface area contributed by atoms with Crippen LogP contribution >= 0.6 is 0 Å². The first-order valence-corrected chi connectivity index (χ1v) is 7.58. The first-order valence-electron chi connectivity index (χ1n) is 7.58. The van der Waals surface area contributed by atoms with E-state index in [4.69, 9.17) is 9.47 Å². The lowest BCUT2D eigenvalue weighted by atomic mass is 9.72. The molecule has 0 saturated heterocycles. The van der Waals surface area contributed by atoms with Crippen LogP contribution in [0.1, 0.15) is 37.8 Å². The molecule has 0 fully saturated rings. The van der Waals surface area contributed by atoms with Gasteiger partial charge in [0, 0.05) is 6.42 Å². The highest BCUT2D eigenvalue weighted by Gasteiger charge is 2.43. The molecule has 0 bridgehead atoms. The Morgan fingerprint density at radius 2 is 2.14 bits per heavy atom. The number of carbonyl (C=O) groups excluding carboxylic acids is 1. The van der Waals surface area contributed by atoms with Crippen LogP contribution in [0.2, 0.25) is 0 Å². The molecule has 1 aliphatic carbocycles. The van der Waals surface area contributed by atoms with E-state index in [1.165, 1.54) is 5.56 Å². The fourth-order valence-electron chi connectivity index (χ4n) is 3.21. The van der Waals surface area contributed by atoms with Gasteiger partial charge in [-0.25, -0.2) is 0 Å². The quantitative estimate of drug-likeness (QED) is 0.847. The number of carbonyl (C=O) groups is 1. The molecule has 0 spiro atoms. The van der Waals surface area contributed by atoms with Crippen molar-refractivity contribution >= 4 is 5.97 Å². The number of hydrogen-bond acceptors (Lipinski definition) is 4. The summed E-state index contributed by atoms with van der Waals surface area (Å²) in [6, 6.07) is 5.93. The fourth-order valence-corrected chi connectivity index (χ4v) is 3.21. The molecule has 4 nitrogen and oxygen atoms in total. The Balaban J connectivity index is 2.25. The largest absolute Gasteiger partial charge is 0.497 e. The van der Waals surface area contributed by atoms with Crippen molar-refractivity contribution in [3.05, 3.63) is 29.3 Å². The topological polar surface area (TPSA) is 55.8 Å². The molecule has 21 heavy (non-hydrogen) atoms. The molecule has 0 heterocycles. The lowest BCUT2D eigenvalue weighted by molar-refractivity contribution is -0.159. The summed E-state index contributed by atoms with van der Waals surface area (Å²) in [5.41, 5.74) is 1.26. The van der Waals surface area contributed by atoms with Crippen molar-refractivity contribution in [1.82, 2.24) is 0 Å². The molecular weight excluding hydrogens is 268 g/mol. The second-order valence-corrected chi connectivity index (χ2v) is 5.63. The number of fused-ring (bicyclic) bond motifs is 1. The molecular formula is C17H24O4.